The Kier molecular flexibility index (Phi) is 4.39. The van der Waals surface area contributed by atoms with Crippen molar-refractivity contribution in [2.24, 2.45) is 5.10 Å². The molecule has 0 radical (unpaired) electrons. The summed E-state index contributed by atoms with van der Waals surface area (Å²) in [5.41, 5.74) is 5.02. The van der Waals surface area contributed by atoms with Crippen LogP contribution in [0.1, 0.15) is 36.2 Å². The first-order chi connectivity index (χ1) is 13.0. The molecule has 0 N–H and O–H groups in total. The van der Waals surface area contributed by atoms with Gasteiger partial charge in [0.15, 0.2) is 0 Å². The van der Waals surface area contributed by atoms with Crippen molar-refractivity contribution in [1.29, 1.82) is 0 Å². The smallest absolute Gasteiger partial charge is 0.247 e. The Morgan fingerprint density at radius 3 is 2.44 bits per heavy atom. The second-order valence-corrected chi connectivity index (χ2v) is 8.48. The Hall–Kier alpha value is -2.80. The Morgan fingerprint density at radius 1 is 1.07 bits per heavy atom. The van der Waals surface area contributed by atoms with E-state index in [4.69, 9.17) is 0 Å². The van der Waals surface area contributed by atoms with Gasteiger partial charge in [-0.15, -0.1) is 0 Å². The van der Waals surface area contributed by atoms with E-state index in [0.29, 0.717) is 12.1 Å². The summed E-state index contributed by atoms with van der Waals surface area (Å²) < 4.78 is 25.8. The summed E-state index contributed by atoms with van der Waals surface area (Å²) >= 11 is 0. The lowest BCUT2D eigenvalue weighted by Crippen LogP contribution is -2.26. The van der Waals surface area contributed by atoms with Gasteiger partial charge in [0.25, 0.3) is 0 Å². The van der Waals surface area contributed by atoms with E-state index < -0.39 is 16.1 Å². The van der Waals surface area contributed by atoms with Crippen molar-refractivity contribution in [1.82, 2.24) is 14.4 Å². The lowest BCUT2D eigenvalue weighted by molar-refractivity contribution is 0.368. The SMILES string of the molecule is CCc1ccc(C2=NN(S(C)(=O)=O)[C@@H](c3cnc4ccccc4n3)C2)cc1. The van der Waals surface area contributed by atoms with Gasteiger partial charge < -0.3 is 0 Å². The fourth-order valence-corrected chi connectivity index (χ4v) is 4.15. The predicted octanol–water partition coefficient (Wildman–Crippen LogP) is 3.30. The maximum absolute atomic E-state index is 12.3. The van der Waals surface area contributed by atoms with Crippen LogP contribution in [0.25, 0.3) is 11.0 Å². The maximum Gasteiger partial charge on any atom is 0.247 e. The Labute approximate surface area is 158 Å². The molecule has 3 aromatic rings. The van der Waals surface area contributed by atoms with Crippen LogP contribution in [0.4, 0.5) is 0 Å². The molecule has 1 aliphatic rings. The maximum atomic E-state index is 12.3. The van der Waals surface area contributed by atoms with Gasteiger partial charge in [0.05, 0.1) is 34.9 Å². The molecule has 27 heavy (non-hydrogen) atoms. The highest BCUT2D eigenvalue weighted by molar-refractivity contribution is 7.88. The number of rotatable bonds is 4. The predicted molar refractivity (Wildman–Crippen MR) is 106 cm³/mol. The summed E-state index contributed by atoms with van der Waals surface area (Å²) in [5, 5.41) is 4.42. The summed E-state index contributed by atoms with van der Waals surface area (Å²) in [7, 11) is -3.53. The average molecular weight is 380 g/mol. The van der Waals surface area contributed by atoms with Crippen molar-refractivity contribution in [3.05, 3.63) is 71.5 Å². The van der Waals surface area contributed by atoms with Gasteiger partial charge in [-0.05, 0) is 29.7 Å². The summed E-state index contributed by atoms with van der Waals surface area (Å²) in [6.45, 7) is 2.10. The van der Waals surface area contributed by atoms with Crippen molar-refractivity contribution < 1.29 is 8.42 Å². The van der Waals surface area contributed by atoms with E-state index in [1.54, 1.807) is 6.20 Å². The standard InChI is InChI=1S/C20H20N4O2S/c1-3-14-8-10-15(11-9-14)18-12-20(24(23-18)27(2,25)26)19-13-21-16-6-4-5-7-17(16)22-19/h4-11,13,20H,3,12H2,1-2H3/t20-/m1/s1. The molecule has 0 bridgehead atoms. The van der Waals surface area contributed by atoms with Crippen LogP contribution >= 0.6 is 0 Å². The zero-order valence-corrected chi connectivity index (χ0v) is 16.0. The van der Waals surface area contributed by atoms with Crippen LogP contribution in [-0.2, 0) is 16.4 Å². The van der Waals surface area contributed by atoms with Gasteiger partial charge in [-0.25, -0.2) is 13.4 Å². The number of hydrazone groups is 1. The van der Waals surface area contributed by atoms with Crippen LogP contribution in [0.2, 0.25) is 0 Å². The normalized spacial score (nSPS) is 17.3. The molecule has 1 atom stereocenters. The van der Waals surface area contributed by atoms with Crippen molar-refractivity contribution in [2.45, 2.75) is 25.8 Å². The minimum absolute atomic E-state index is 0.464. The van der Waals surface area contributed by atoms with E-state index in [-0.39, 0.29) is 0 Å². The highest BCUT2D eigenvalue weighted by Crippen LogP contribution is 2.34. The highest BCUT2D eigenvalue weighted by Gasteiger charge is 2.35. The molecular formula is C20H20N4O2S. The van der Waals surface area contributed by atoms with Crippen LogP contribution in [0.5, 0.6) is 0 Å². The van der Waals surface area contributed by atoms with Crippen LogP contribution in [0.3, 0.4) is 0 Å². The van der Waals surface area contributed by atoms with Crippen LogP contribution in [0, 0.1) is 0 Å². The molecule has 0 unspecified atom stereocenters. The summed E-state index contributed by atoms with van der Waals surface area (Å²) in [5.74, 6) is 0. The molecular weight excluding hydrogens is 360 g/mol. The molecule has 0 saturated heterocycles. The molecule has 1 aliphatic heterocycles. The molecule has 0 saturated carbocycles. The molecule has 2 heterocycles. The number of fused-ring (bicyclic) bond motifs is 1. The van der Waals surface area contributed by atoms with Crippen molar-refractivity contribution >= 4 is 26.8 Å². The fraction of sp³-hybridized carbons (Fsp3) is 0.250. The number of benzene rings is 2. The number of aryl methyl sites for hydroxylation is 1. The summed E-state index contributed by atoms with van der Waals surface area (Å²) in [6, 6.07) is 15.1. The number of sulfonamides is 1. The second kappa shape index (κ2) is 6.74. The quantitative estimate of drug-likeness (QED) is 0.696. The molecule has 138 valence electrons. The van der Waals surface area contributed by atoms with Gasteiger partial charge in [0.2, 0.25) is 10.0 Å². The molecule has 0 fully saturated rings. The number of nitrogens with zero attached hydrogens (tertiary/aromatic N) is 4. The number of hydrogen-bond donors (Lipinski definition) is 0. The molecule has 0 spiro atoms. The first-order valence-corrected chi connectivity index (χ1v) is 10.7. The largest absolute Gasteiger partial charge is 0.253 e. The second-order valence-electron chi connectivity index (χ2n) is 6.64. The lowest BCUT2D eigenvalue weighted by atomic mass is 10.0. The Balaban J connectivity index is 1.73. The fourth-order valence-electron chi connectivity index (χ4n) is 3.25. The minimum Gasteiger partial charge on any atom is -0.253 e. The Morgan fingerprint density at radius 2 is 1.78 bits per heavy atom. The van der Waals surface area contributed by atoms with E-state index >= 15 is 0 Å². The highest BCUT2D eigenvalue weighted by atomic mass is 32.2. The van der Waals surface area contributed by atoms with Gasteiger partial charge in [-0.3, -0.25) is 4.98 Å². The van der Waals surface area contributed by atoms with Crippen LogP contribution < -0.4 is 0 Å². The molecule has 4 rings (SSSR count). The molecule has 0 amide bonds. The first-order valence-electron chi connectivity index (χ1n) is 8.83. The minimum atomic E-state index is -3.53. The average Bonchev–Trinajstić information content (AvgIpc) is 3.14. The van der Waals surface area contributed by atoms with E-state index in [2.05, 4.69) is 22.0 Å². The monoisotopic (exact) mass is 380 g/mol. The van der Waals surface area contributed by atoms with Gasteiger partial charge in [-0.2, -0.15) is 9.52 Å². The third-order valence-electron chi connectivity index (χ3n) is 4.72. The molecule has 6 nitrogen and oxygen atoms in total. The third-order valence-corrected chi connectivity index (χ3v) is 5.73. The number of aromatic nitrogens is 2. The third kappa shape index (κ3) is 3.42. The van der Waals surface area contributed by atoms with Gasteiger partial charge >= 0.3 is 0 Å². The van der Waals surface area contributed by atoms with E-state index in [0.717, 1.165) is 33.1 Å². The van der Waals surface area contributed by atoms with Crippen LogP contribution in [-0.4, -0.2) is 34.8 Å². The van der Waals surface area contributed by atoms with E-state index in [1.807, 2.05) is 48.5 Å². The van der Waals surface area contributed by atoms with Crippen molar-refractivity contribution in [3.63, 3.8) is 0 Å². The van der Waals surface area contributed by atoms with Crippen LogP contribution in [0.15, 0.2) is 59.8 Å². The van der Waals surface area contributed by atoms with E-state index in [9.17, 15) is 8.42 Å². The van der Waals surface area contributed by atoms with Gasteiger partial charge in [0, 0.05) is 6.42 Å². The molecule has 1 aromatic heterocycles. The zero-order valence-electron chi connectivity index (χ0n) is 15.2. The topological polar surface area (TPSA) is 75.5 Å². The summed E-state index contributed by atoms with van der Waals surface area (Å²) in [4.78, 5) is 9.06. The van der Waals surface area contributed by atoms with E-state index in [1.165, 1.54) is 11.8 Å². The van der Waals surface area contributed by atoms with Crippen molar-refractivity contribution in [3.8, 4) is 0 Å². The molecule has 0 aliphatic carbocycles. The number of hydrogen-bond acceptors (Lipinski definition) is 5. The summed E-state index contributed by atoms with van der Waals surface area (Å²) in [6.07, 6.45) is 4.23. The zero-order chi connectivity index (χ0) is 19.0. The molecule has 7 heteroatoms. The number of para-hydroxylation sites is 2. The Bertz CT molecular complexity index is 1120. The van der Waals surface area contributed by atoms with Crippen molar-refractivity contribution in [2.75, 3.05) is 6.26 Å². The van der Waals surface area contributed by atoms with Gasteiger partial charge in [0.1, 0.15) is 6.04 Å². The lowest BCUT2D eigenvalue weighted by Gasteiger charge is -2.20. The van der Waals surface area contributed by atoms with Gasteiger partial charge in [-0.1, -0.05) is 43.3 Å². The molecule has 2 aromatic carbocycles. The first kappa shape index (κ1) is 17.6.